The molecule has 2 unspecified atom stereocenters. The summed E-state index contributed by atoms with van der Waals surface area (Å²) in [5.74, 6) is 0.418. The number of methoxy groups -OCH3 is 1. The summed E-state index contributed by atoms with van der Waals surface area (Å²) in [6, 6.07) is -0.253. The molecular weight excluding hydrogens is 194 g/mol. The van der Waals surface area contributed by atoms with Gasteiger partial charge in [0, 0.05) is 14.2 Å². The van der Waals surface area contributed by atoms with Crippen LogP contribution in [0.3, 0.4) is 0 Å². The average molecular weight is 211 g/mol. The average Bonchev–Trinajstić information content (AvgIpc) is 2.45. The van der Waals surface area contributed by atoms with Crippen LogP contribution < -0.4 is 5.73 Å². The van der Waals surface area contributed by atoms with Gasteiger partial charge in [0.05, 0.1) is 6.10 Å². The number of carbonyl (C=O) groups excluding carboxylic acids is 1. The van der Waals surface area contributed by atoms with E-state index in [9.17, 15) is 4.79 Å². The maximum absolute atomic E-state index is 11.5. The Labute approximate surface area is 89.3 Å². The smallest absolute Gasteiger partial charge is 0.345 e. The molecule has 1 heterocycles. The van der Waals surface area contributed by atoms with Crippen LogP contribution in [-0.2, 0) is 4.74 Å². The first-order valence-corrected chi connectivity index (χ1v) is 5.28. The fourth-order valence-electron chi connectivity index (χ4n) is 2.73. The number of aliphatic imine (C=N–C) groups is 1. The monoisotopic (exact) mass is 211 g/mol. The molecule has 5 nitrogen and oxygen atoms in total. The first kappa shape index (κ1) is 10.4. The Morgan fingerprint density at radius 1 is 1.60 bits per heavy atom. The summed E-state index contributed by atoms with van der Waals surface area (Å²) < 4.78 is 5.46. The van der Waals surface area contributed by atoms with Crippen LogP contribution in [0.5, 0.6) is 0 Å². The summed E-state index contributed by atoms with van der Waals surface area (Å²) in [5.41, 5.74) is 5.42. The van der Waals surface area contributed by atoms with E-state index in [1.165, 1.54) is 0 Å². The second-order valence-corrected chi connectivity index (χ2v) is 4.23. The lowest BCUT2D eigenvalue weighted by molar-refractivity contribution is -0.0133. The topological polar surface area (TPSA) is 67.9 Å². The third-order valence-corrected chi connectivity index (χ3v) is 3.64. The molecule has 0 aromatic heterocycles. The Morgan fingerprint density at radius 2 is 2.33 bits per heavy atom. The van der Waals surface area contributed by atoms with Crippen molar-refractivity contribution in [3.8, 4) is 0 Å². The predicted octanol–water partition coefficient (Wildman–Crippen LogP) is 0.737. The molecule has 0 aromatic carbocycles. The van der Waals surface area contributed by atoms with Crippen molar-refractivity contribution in [3.05, 3.63) is 0 Å². The minimum absolute atomic E-state index is 0.0218. The van der Waals surface area contributed by atoms with Gasteiger partial charge in [0.2, 0.25) is 0 Å². The van der Waals surface area contributed by atoms with E-state index in [0.29, 0.717) is 5.84 Å². The van der Waals surface area contributed by atoms with Crippen molar-refractivity contribution in [3.63, 3.8) is 0 Å². The van der Waals surface area contributed by atoms with Crippen LogP contribution in [0.1, 0.15) is 25.7 Å². The number of likely N-dealkylation sites (N-methyl/N-ethyl adjacent to an activating group) is 1. The second kappa shape index (κ2) is 3.48. The van der Waals surface area contributed by atoms with Crippen molar-refractivity contribution < 1.29 is 9.53 Å². The van der Waals surface area contributed by atoms with E-state index >= 15 is 0 Å². The Hall–Kier alpha value is -1.10. The third kappa shape index (κ3) is 1.26. The van der Waals surface area contributed by atoms with Gasteiger partial charge in [-0.15, -0.1) is 0 Å². The highest BCUT2D eigenvalue weighted by molar-refractivity contribution is 6.06. The van der Waals surface area contributed by atoms with Crippen molar-refractivity contribution in [2.45, 2.75) is 37.3 Å². The van der Waals surface area contributed by atoms with Gasteiger partial charge in [-0.2, -0.15) is 4.99 Å². The lowest BCUT2D eigenvalue weighted by Crippen LogP contribution is -2.62. The molecule has 0 radical (unpaired) electrons. The Morgan fingerprint density at radius 3 is 2.87 bits per heavy atom. The van der Waals surface area contributed by atoms with E-state index in [1.54, 1.807) is 19.1 Å². The van der Waals surface area contributed by atoms with Gasteiger partial charge < -0.3 is 15.4 Å². The molecule has 1 fully saturated rings. The van der Waals surface area contributed by atoms with E-state index in [1.807, 2.05) is 0 Å². The predicted molar refractivity (Wildman–Crippen MR) is 56.8 cm³/mol. The van der Waals surface area contributed by atoms with Gasteiger partial charge in [0.15, 0.2) is 0 Å². The highest BCUT2D eigenvalue weighted by atomic mass is 16.5. The lowest BCUT2D eigenvalue weighted by Gasteiger charge is -2.44. The van der Waals surface area contributed by atoms with E-state index in [4.69, 9.17) is 10.5 Å². The SMILES string of the molecule is COC1CCCCC12C(N)=NC(=O)N2C. The Bertz CT molecular complexity index is 316. The van der Waals surface area contributed by atoms with E-state index < -0.39 is 5.54 Å². The summed E-state index contributed by atoms with van der Waals surface area (Å²) in [6.07, 6.45) is 3.95. The minimum Gasteiger partial charge on any atom is -0.385 e. The number of ether oxygens (including phenoxy) is 1. The number of rotatable bonds is 1. The maximum atomic E-state index is 11.5. The molecule has 2 rings (SSSR count). The normalized spacial score (nSPS) is 36.1. The number of nitrogens with two attached hydrogens (primary N) is 1. The molecule has 84 valence electrons. The fourth-order valence-corrected chi connectivity index (χ4v) is 2.73. The molecule has 2 N–H and O–H groups in total. The van der Waals surface area contributed by atoms with Gasteiger partial charge in [-0.25, -0.2) is 4.79 Å². The molecular formula is C10H17N3O2. The molecule has 0 saturated heterocycles. The quantitative estimate of drug-likeness (QED) is 0.695. The Kier molecular flexibility index (Phi) is 2.42. The Balaban J connectivity index is 2.38. The number of urea groups is 1. The molecule has 1 aliphatic heterocycles. The zero-order chi connectivity index (χ0) is 11.1. The molecule has 1 saturated carbocycles. The standard InChI is InChI=1S/C10H17N3O2/c1-13-9(14)12-8(11)10(13)6-4-3-5-7(10)15-2/h7H,3-6H2,1-2H3,(H2,11,12,14). The molecule has 1 aliphatic carbocycles. The van der Waals surface area contributed by atoms with Crippen LogP contribution in [0.15, 0.2) is 4.99 Å². The van der Waals surface area contributed by atoms with Crippen molar-refractivity contribution >= 4 is 11.9 Å². The molecule has 2 aliphatic rings. The molecule has 0 aromatic rings. The van der Waals surface area contributed by atoms with Gasteiger partial charge in [-0.1, -0.05) is 12.8 Å². The molecule has 15 heavy (non-hydrogen) atoms. The number of hydrogen-bond acceptors (Lipinski definition) is 3. The number of nitrogens with zero attached hydrogens (tertiary/aromatic N) is 2. The summed E-state index contributed by atoms with van der Waals surface area (Å²) in [4.78, 5) is 17.0. The highest BCUT2D eigenvalue weighted by Crippen LogP contribution is 2.38. The lowest BCUT2D eigenvalue weighted by atomic mass is 9.77. The highest BCUT2D eigenvalue weighted by Gasteiger charge is 2.53. The van der Waals surface area contributed by atoms with Crippen LogP contribution in [0.25, 0.3) is 0 Å². The van der Waals surface area contributed by atoms with Gasteiger partial charge in [0.25, 0.3) is 0 Å². The van der Waals surface area contributed by atoms with E-state index in [-0.39, 0.29) is 12.1 Å². The molecule has 2 atom stereocenters. The van der Waals surface area contributed by atoms with Crippen LogP contribution in [0.4, 0.5) is 4.79 Å². The first-order valence-electron chi connectivity index (χ1n) is 5.28. The molecule has 5 heteroatoms. The zero-order valence-corrected chi connectivity index (χ0v) is 9.19. The van der Waals surface area contributed by atoms with E-state index in [2.05, 4.69) is 4.99 Å². The van der Waals surface area contributed by atoms with Gasteiger partial charge in [-0.3, -0.25) is 0 Å². The molecule has 2 amide bonds. The third-order valence-electron chi connectivity index (χ3n) is 3.64. The van der Waals surface area contributed by atoms with Crippen LogP contribution in [0.2, 0.25) is 0 Å². The van der Waals surface area contributed by atoms with Crippen molar-refractivity contribution in [1.82, 2.24) is 4.90 Å². The summed E-state index contributed by atoms with van der Waals surface area (Å²) >= 11 is 0. The fraction of sp³-hybridized carbons (Fsp3) is 0.800. The molecule has 1 spiro atoms. The number of carbonyl (C=O) groups is 1. The minimum atomic E-state index is -0.482. The first-order chi connectivity index (χ1) is 7.13. The maximum Gasteiger partial charge on any atom is 0.345 e. The van der Waals surface area contributed by atoms with Crippen LogP contribution in [-0.4, -0.2) is 42.6 Å². The van der Waals surface area contributed by atoms with Crippen molar-refractivity contribution in [2.24, 2.45) is 10.7 Å². The van der Waals surface area contributed by atoms with E-state index in [0.717, 1.165) is 25.7 Å². The van der Waals surface area contributed by atoms with Gasteiger partial charge in [0.1, 0.15) is 11.4 Å². The number of amidine groups is 1. The zero-order valence-electron chi connectivity index (χ0n) is 9.19. The second-order valence-electron chi connectivity index (χ2n) is 4.23. The summed E-state index contributed by atoms with van der Waals surface area (Å²) in [6.45, 7) is 0. The summed E-state index contributed by atoms with van der Waals surface area (Å²) in [7, 11) is 3.42. The summed E-state index contributed by atoms with van der Waals surface area (Å²) in [5, 5.41) is 0. The van der Waals surface area contributed by atoms with Crippen molar-refractivity contribution in [2.75, 3.05) is 14.2 Å². The number of hydrogen-bond donors (Lipinski definition) is 1. The van der Waals surface area contributed by atoms with Crippen molar-refractivity contribution in [1.29, 1.82) is 0 Å². The van der Waals surface area contributed by atoms with Crippen LogP contribution >= 0.6 is 0 Å². The largest absolute Gasteiger partial charge is 0.385 e. The van der Waals surface area contributed by atoms with Gasteiger partial charge >= 0.3 is 6.03 Å². The number of amides is 2. The van der Waals surface area contributed by atoms with Crippen LogP contribution in [0, 0.1) is 0 Å². The van der Waals surface area contributed by atoms with Gasteiger partial charge in [-0.05, 0) is 12.8 Å². The molecule has 0 bridgehead atoms.